The molecule has 2 heterocycles. The monoisotopic (exact) mass is 348 g/mol. The molecule has 0 N–H and O–H groups in total. The predicted octanol–water partition coefficient (Wildman–Crippen LogP) is 4.25. The highest BCUT2D eigenvalue weighted by molar-refractivity contribution is 6.06. The number of hydrogen-bond donors (Lipinski definition) is 0. The van der Waals surface area contributed by atoms with E-state index < -0.39 is 0 Å². The van der Waals surface area contributed by atoms with Crippen LogP contribution in [0.25, 0.3) is 11.3 Å². The smallest absolute Gasteiger partial charge is 0.297 e. The van der Waals surface area contributed by atoms with Gasteiger partial charge < -0.3 is 14.2 Å². The Morgan fingerprint density at radius 2 is 2.00 bits per heavy atom. The van der Waals surface area contributed by atoms with Crippen molar-refractivity contribution in [3.05, 3.63) is 65.4 Å². The number of carbonyl (C=O) groups is 1. The van der Waals surface area contributed by atoms with Crippen LogP contribution in [-0.2, 0) is 6.42 Å². The fraction of sp³-hybridized carbons (Fsp3) is 0.238. The topological polar surface area (TPSA) is 55.6 Å². The molecule has 0 saturated carbocycles. The van der Waals surface area contributed by atoms with Crippen LogP contribution in [0.15, 0.2) is 53.1 Å². The van der Waals surface area contributed by atoms with Crippen molar-refractivity contribution >= 4 is 11.6 Å². The Balaban J connectivity index is 1.71. The third kappa shape index (κ3) is 2.75. The second kappa shape index (κ2) is 6.67. The molecule has 0 radical (unpaired) electrons. The Morgan fingerprint density at radius 3 is 2.77 bits per heavy atom. The summed E-state index contributed by atoms with van der Waals surface area (Å²) < 4.78 is 10.9. The summed E-state index contributed by atoms with van der Waals surface area (Å²) >= 11 is 0. The number of anilines is 1. The molecule has 1 aliphatic rings. The zero-order valence-corrected chi connectivity index (χ0v) is 14.9. The van der Waals surface area contributed by atoms with E-state index >= 15 is 0 Å². The summed E-state index contributed by atoms with van der Waals surface area (Å²) in [6.45, 7) is 2.70. The molecule has 3 aromatic rings. The van der Waals surface area contributed by atoms with Crippen molar-refractivity contribution in [2.45, 2.75) is 19.8 Å². The predicted molar refractivity (Wildman–Crippen MR) is 99.7 cm³/mol. The average molecular weight is 348 g/mol. The van der Waals surface area contributed by atoms with Gasteiger partial charge in [-0.15, -0.1) is 0 Å². The fourth-order valence-corrected chi connectivity index (χ4v) is 3.47. The Hall–Kier alpha value is -3.08. The highest BCUT2D eigenvalue weighted by Gasteiger charge is 2.30. The lowest BCUT2D eigenvalue weighted by Crippen LogP contribution is -2.36. The van der Waals surface area contributed by atoms with Crippen LogP contribution in [0.4, 0.5) is 5.69 Å². The second-order valence-electron chi connectivity index (χ2n) is 6.41. The maximum Gasteiger partial charge on any atom is 0.297 e. The molecule has 0 spiro atoms. The van der Waals surface area contributed by atoms with Crippen molar-refractivity contribution in [3.63, 3.8) is 0 Å². The van der Waals surface area contributed by atoms with Gasteiger partial charge >= 0.3 is 0 Å². The number of fused-ring (bicyclic) bond motifs is 1. The van der Waals surface area contributed by atoms with E-state index in [9.17, 15) is 4.79 Å². The molecule has 132 valence electrons. The normalized spacial score (nSPS) is 13.4. The van der Waals surface area contributed by atoms with Gasteiger partial charge in [0.05, 0.1) is 12.8 Å². The number of aromatic nitrogens is 1. The molecular formula is C21H20N2O3. The van der Waals surface area contributed by atoms with Crippen LogP contribution < -0.4 is 9.64 Å². The van der Waals surface area contributed by atoms with Crippen molar-refractivity contribution in [2.24, 2.45) is 0 Å². The second-order valence-corrected chi connectivity index (χ2v) is 6.41. The van der Waals surface area contributed by atoms with Crippen molar-refractivity contribution < 1.29 is 14.1 Å². The fourth-order valence-electron chi connectivity index (χ4n) is 3.47. The van der Waals surface area contributed by atoms with Crippen molar-refractivity contribution in [3.8, 4) is 17.0 Å². The van der Waals surface area contributed by atoms with E-state index in [1.807, 2.05) is 42.5 Å². The lowest BCUT2D eigenvalue weighted by molar-refractivity contribution is 0.0948. The molecule has 0 saturated heterocycles. The van der Waals surface area contributed by atoms with Gasteiger partial charge in [-0.3, -0.25) is 4.79 Å². The SMILES string of the molecule is COc1ccc(C)c2c1N(C(=O)c1cc(-c3ccccc3)no1)CCC2. The van der Waals surface area contributed by atoms with Crippen molar-refractivity contribution in [2.75, 3.05) is 18.6 Å². The van der Waals surface area contributed by atoms with Crippen LogP contribution in [0.1, 0.15) is 28.1 Å². The molecule has 5 heteroatoms. The number of aryl methyl sites for hydroxylation is 1. The molecule has 0 unspecified atom stereocenters. The quantitative estimate of drug-likeness (QED) is 0.710. The minimum absolute atomic E-state index is 0.190. The maximum absolute atomic E-state index is 13.1. The van der Waals surface area contributed by atoms with Gasteiger partial charge in [0.25, 0.3) is 5.91 Å². The number of hydrogen-bond acceptors (Lipinski definition) is 4. The summed E-state index contributed by atoms with van der Waals surface area (Å²) in [5.74, 6) is 0.756. The minimum atomic E-state index is -0.190. The molecule has 0 bridgehead atoms. The molecule has 0 atom stereocenters. The van der Waals surface area contributed by atoms with Crippen molar-refractivity contribution in [1.29, 1.82) is 0 Å². The van der Waals surface area contributed by atoms with Crippen LogP contribution >= 0.6 is 0 Å². The molecule has 26 heavy (non-hydrogen) atoms. The van der Waals surface area contributed by atoms with Gasteiger partial charge in [0.1, 0.15) is 11.4 Å². The van der Waals surface area contributed by atoms with Crippen LogP contribution in [-0.4, -0.2) is 24.7 Å². The first-order valence-corrected chi connectivity index (χ1v) is 8.69. The number of benzene rings is 2. The molecule has 5 nitrogen and oxygen atoms in total. The van der Waals surface area contributed by atoms with E-state index in [1.165, 1.54) is 5.56 Å². The number of ether oxygens (including phenoxy) is 1. The first-order valence-electron chi connectivity index (χ1n) is 8.69. The van der Waals surface area contributed by atoms with Crippen LogP contribution in [0.3, 0.4) is 0 Å². The Labute approximate surface area is 152 Å². The lowest BCUT2D eigenvalue weighted by Gasteiger charge is -2.31. The molecule has 0 aliphatic carbocycles. The number of methoxy groups -OCH3 is 1. The zero-order valence-electron chi connectivity index (χ0n) is 14.9. The van der Waals surface area contributed by atoms with E-state index in [2.05, 4.69) is 12.1 Å². The highest BCUT2D eigenvalue weighted by atomic mass is 16.5. The zero-order chi connectivity index (χ0) is 18.1. The van der Waals surface area contributed by atoms with Gasteiger partial charge in [-0.1, -0.05) is 41.6 Å². The average Bonchev–Trinajstić information content (AvgIpc) is 3.18. The van der Waals surface area contributed by atoms with Gasteiger partial charge in [-0.2, -0.15) is 0 Å². The number of amides is 1. The lowest BCUT2D eigenvalue weighted by atomic mass is 9.96. The van der Waals surface area contributed by atoms with Crippen molar-refractivity contribution in [1.82, 2.24) is 5.16 Å². The summed E-state index contributed by atoms with van der Waals surface area (Å²) in [6.07, 6.45) is 1.85. The molecular weight excluding hydrogens is 328 g/mol. The van der Waals surface area contributed by atoms with Gasteiger partial charge in [0.15, 0.2) is 0 Å². The number of carbonyl (C=O) groups excluding carboxylic acids is 1. The summed E-state index contributed by atoms with van der Waals surface area (Å²) in [7, 11) is 1.63. The van der Waals surface area contributed by atoms with E-state index in [4.69, 9.17) is 9.26 Å². The molecule has 0 fully saturated rings. The molecule has 2 aromatic carbocycles. The highest BCUT2D eigenvalue weighted by Crippen LogP contribution is 2.39. The van der Waals surface area contributed by atoms with E-state index in [-0.39, 0.29) is 11.7 Å². The number of nitrogens with zero attached hydrogens (tertiary/aromatic N) is 2. The Bertz CT molecular complexity index is 947. The summed E-state index contributed by atoms with van der Waals surface area (Å²) in [4.78, 5) is 14.9. The van der Waals surface area contributed by atoms with Gasteiger partial charge in [-0.05, 0) is 37.0 Å². The summed E-state index contributed by atoms with van der Waals surface area (Å²) in [5.41, 5.74) is 4.75. The third-order valence-corrected chi connectivity index (χ3v) is 4.81. The van der Waals surface area contributed by atoms with E-state index in [0.717, 1.165) is 29.7 Å². The van der Waals surface area contributed by atoms with Crippen LogP contribution in [0, 0.1) is 6.92 Å². The van der Waals surface area contributed by atoms with Gasteiger partial charge in [0.2, 0.25) is 5.76 Å². The first-order chi connectivity index (χ1) is 12.7. The standard InChI is InChI=1S/C21H20N2O3/c1-14-10-11-18(25-2)20-16(14)9-6-12-23(20)21(24)19-13-17(22-26-19)15-7-4-3-5-8-15/h3-5,7-8,10-11,13H,6,9,12H2,1-2H3. The number of rotatable bonds is 3. The van der Waals surface area contributed by atoms with E-state index in [0.29, 0.717) is 18.0 Å². The third-order valence-electron chi connectivity index (χ3n) is 4.81. The Kier molecular flexibility index (Phi) is 4.21. The van der Waals surface area contributed by atoms with Crippen LogP contribution in [0.2, 0.25) is 0 Å². The molecule has 1 aliphatic heterocycles. The molecule has 1 aromatic heterocycles. The largest absolute Gasteiger partial charge is 0.495 e. The Morgan fingerprint density at radius 1 is 1.19 bits per heavy atom. The summed E-state index contributed by atoms with van der Waals surface area (Å²) in [6, 6.07) is 15.3. The first kappa shape index (κ1) is 16.4. The van der Waals surface area contributed by atoms with E-state index in [1.54, 1.807) is 18.1 Å². The molecule has 4 rings (SSSR count). The van der Waals surface area contributed by atoms with Crippen LogP contribution in [0.5, 0.6) is 5.75 Å². The van der Waals surface area contributed by atoms with Gasteiger partial charge in [0, 0.05) is 18.2 Å². The maximum atomic E-state index is 13.1. The van der Waals surface area contributed by atoms with Gasteiger partial charge in [-0.25, -0.2) is 0 Å². The minimum Gasteiger partial charge on any atom is -0.495 e. The molecule has 1 amide bonds. The summed E-state index contributed by atoms with van der Waals surface area (Å²) in [5, 5.41) is 4.06.